The maximum Gasteiger partial charge on any atom is 0.122 e. The maximum atomic E-state index is 6.11. The van der Waals surface area contributed by atoms with Crippen LogP contribution in [0.3, 0.4) is 0 Å². The van der Waals surface area contributed by atoms with E-state index in [1.807, 2.05) is 32.0 Å². The number of nitrogens with zero attached hydrogens (tertiary/aromatic N) is 1. The fourth-order valence-electron chi connectivity index (χ4n) is 2.02. The van der Waals surface area contributed by atoms with Gasteiger partial charge in [0.2, 0.25) is 0 Å². The molecule has 3 nitrogen and oxygen atoms in total. The van der Waals surface area contributed by atoms with E-state index in [4.69, 9.17) is 10.5 Å². The Morgan fingerprint density at radius 1 is 1.29 bits per heavy atom. The van der Waals surface area contributed by atoms with E-state index in [0.29, 0.717) is 0 Å². The van der Waals surface area contributed by atoms with Crippen molar-refractivity contribution in [3.8, 4) is 5.75 Å². The molecule has 2 rings (SSSR count). The maximum absolute atomic E-state index is 6.11. The quantitative estimate of drug-likeness (QED) is 0.881. The van der Waals surface area contributed by atoms with Crippen LogP contribution in [0.5, 0.6) is 5.75 Å². The van der Waals surface area contributed by atoms with Crippen molar-refractivity contribution >= 4 is 10.9 Å². The molecule has 0 saturated carbocycles. The average Bonchev–Trinajstić information content (AvgIpc) is 2.28. The van der Waals surface area contributed by atoms with Gasteiger partial charge in [0.15, 0.2) is 0 Å². The molecule has 2 aromatic rings. The van der Waals surface area contributed by atoms with E-state index < -0.39 is 0 Å². The van der Waals surface area contributed by atoms with Gasteiger partial charge in [-0.15, -0.1) is 0 Å². The minimum Gasteiger partial charge on any atom is -0.496 e. The van der Waals surface area contributed by atoms with Gasteiger partial charge in [0.05, 0.1) is 12.6 Å². The largest absolute Gasteiger partial charge is 0.496 e. The lowest BCUT2D eigenvalue weighted by molar-refractivity contribution is 0.403. The predicted octanol–water partition coefficient (Wildman–Crippen LogP) is 2.52. The van der Waals surface area contributed by atoms with E-state index in [1.54, 1.807) is 13.3 Å². The predicted molar refractivity (Wildman–Crippen MR) is 70.3 cm³/mol. The third-order valence-corrected chi connectivity index (χ3v) is 2.71. The van der Waals surface area contributed by atoms with Crippen molar-refractivity contribution in [2.45, 2.75) is 25.8 Å². The molecule has 0 radical (unpaired) electrons. The van der Waals surface area contributed by atoms with Crippen molar-refractivity contribution in [3.63, 3.8) is 0 Å². The van der Waals surface area contributed by atoms with Crippen LogP contribution < -0.4 is 10.5 Å². The van der Waals surface area contributed by atoms with Crippen molar-refractivity contribution in [3.05, 3.63) is 36.0 Å². The molecule has 0 atom stereocenters. The second-order valence-corrected chi connectivity index (χ2v) is 4.98. The van der Waals surface area contributed by atoms with E-state index in [9.17, 15) is 0 Å². The lowest BCUT2D eigenvalue weighted by Gasteiger charge is -2.21. The fourth-order valence-corrected chi connectivity index (χ4v) is 2.02. The highest BCUT2D eigenvalue weighted by atomic mass is 16.5. The molecule has 0 aliphatic rings. The minimum absolute atomic E-state index is 0.266. The number of rotatable bonds is 3. The summed E-state index contributed by atoms with van der Waals surface area (Å²) in [6, 6.07) is 7.93. The first-order valence-corrected chi connectivity index (χ1v) is 5.71. The van der Waals surface area contributed by atoms with Crippen molar-refractivity contribution in [2.24, 2.45) is 5.73 Å². The Morgan fingerprint density at radius 2 is 2.06 bits per heavy atom. The summed E-state index contributed by atoms with van der Waals surface area (Å²) in [5.41, 5.74) is 7.95. The Morgan fingerprint density at radius 3 is 2.71 bits per heavy atom. The van der Waals surface area contributed by atoms with Crippen LogP contribution in [-0.2, 0) is 6.42 Å². The first kappa shape index (κ1) is 11.9. The summed E-state index contributed by atoms with van der Waals surface area (Å²) >= 11 is 0. The Hall–Kier alpha value is -1.61. The van der Waals surface area contributed by atoms with Crippen molar-refractivity contribution < 1.29 is 4.74 Å². The summed E-state index contributed by atoms with van der Waals surface area (Å²) in [6.45, 7) is 4.03. The molecule has 0 unspecified atom stereocenters. The van der Waals surface area contributed by atoms with Gasteiger partial charge in [-0.2, -0.15) is 0 Å². The number of methoxy groups -OCH3 is 1. The Bertz CT molecular complexity index is 529. The fraction of sp³-hybridized carbons (Fsp3) is 0.357. The standard InChI is InChI=1S/C14H18N2O/c1-14(2,15)9-11-10-5-4-8-16-12(10)6-7-13(11)17-3/h4-8H,9,15H2,1-3H3. The SMILES string of the molecule is COc1ccc2ncccc2c1CC(C)(C)N. The highest BCUT2D eigenvalue weighted by Gasteiger charge is 2.17. The molecular formula is C14H18N2O. The van der Waals surface area contributed by atoms with E-state index in [0.717, 1.165) is 28.6 Å². The van der Waals surface area contributed by atoms with Crippen LogP contribution in [0, 0.1) is 0 Å². The van der Waals surface area contributed by atoms with Gasteiger partial charge >= 0.3 is 0 Å². The normalized spacial score (nSPS) is 11.8. The first-order valence-electron chi connectivity index (χ1n) is 5.71. The number of fused-ring (bicyclic) bond motifs is 1. The minimum atomic E-state index is -0.266. The second-order valence-electron chi connectivity index (χ2n) is 4.98. The molecule has 0 fully saturated rings. The molecule has 17 heavy (non-hydrogen) atoms. The van der Waals surface area contributed by atoms with Crippen molar-refractivity contribution in [2.75, 3.05) is 7.11 Å². The number of ether oxygens (including phenoxy) is 1. The first-order chi connectivity index (χ1) is 8.01. The third kappa shape index (κ3) is 2.56. The molecular weight excluding hydrogens is 212 g/mol. The Balaban J connectivity index is 2.63. The Labute approximate surface area is 102 Å². The van der Waals surface area contributed by atoms with Crippen LogP contribution >= 0.6 is 0 Å². The van der Waals surface area contributed by atoms with Gasteiger partial charge in [0.1, 0.15) is 5.75 Å². The zero-order valence-electron chi connectivity index (χ0n) is 10.5. The number of benzene rings is 1. The second kappa shape index (κ2) is 4.34. The lowest BCUT2D eigenvalue weighted by Crippen LogP contribution is -2.34. The van der Waals surface area contributed by atoms with Gasteiger partial charge in [0.25, 0.3) is 0 Å². The zero-order chi connectivity index (χ0) is 12.5. The number of hydrogen-bond acceptors (Lipinski definition) is 3. The number of hydrogen-bond donors (Lipinski definition) is 1. The summed E-state index contributed by atoms with van der Waals surface area (Å²) in [5.74, 6) is 0.879. The topological polar surface area (TPSA) is 48.1 Å². The summed E-state index contributed by atoms with van der Waals surface area (Å²) < 4.78 is 5.42. The van der Waals surface area contributed by atoms with Crippen LogP contribution in [0.15, 0.2) is 30.5 Å². The molecule has 1 aromatic carbocycles. The average molecular weight is 230 g/mol. The number of aromatic nitrogens is 1. The summed E-state index contributed by atoms with van der Waals surface area (Å²) in [5, 5.41) is 1.12. The molecule has 2 N–H and O–H groups in total. The van der Waals surface area contributed by atoms with Crippen LogP contribution in [0.25, 0.3) is 10.9 Å². The molecule has 0 saturated heterocycles. The van der Waals surface area contributed by atoms with E-state index in [-0.39, 0.29) is 5.54 Å². The molecule has 0 aliphatic heterocycles. The molecule has 0 amide bonds. The third-order valence-electron chi connectivity index (χ3n) is 2.71. The highest BCUT2D eigenvalue weighted by molar-refractivity contribution is 5.84. The van der Waals surface area contributed by atoms with Gasteiger partial charge in [0, 0.05) is 22.7 Å². The Kier molecular flexibility index (Phi) is 3.03. The van der Waals surface area contributed by atoms with Crippen LogP contribution in [-0.4, -0.2) is 17.6 Å². The summed E-state index contributed by atoms with van der Waals surface area (Å²) in [4.78, 5) is 4.35. The smallest absolute Gasteiger partial charge is 0.122 e. The van der Waals surface area contributed by atoms with Crippen molar-refractivity contribution in [1.29, 1.82) is 0 Å². The van der Waals surface area contributed by atoms with E-state index >= 15 is 0 Å². The van der Waals surface area contributed by atoms with Crippen LogP contribution in [0.4, 0.5) is 0 Å². The van der Waals surface area contributed by atoms with Gasteiger partial charge in [-0.3, -0.25) is 4.98 Å². The molecule has 0 aliphatic carbocycles. The molecule has 1 aromatic heterocycles. The molecule has 90 valence electrons. The van der Waals surface area contributed by atoms with Crippen LogP contribution in [0.1, 0.15) is 19.4 Å². The van der Waals surface area contributed by atoms with Gasteiger partial charge in [-0.25, -0.2) is 0 Å². The van der Waals surface area contributed by atoms with Gasteiger partial charge < -0.3 is 10.5 Å². The summed E-state index contributed by atoms with van der Waals surface area (Å²) in [7, 11) is 1.69. The molecule has 3 heteroatoms. The monoisotopic (exact) mass is 230 g/mol. The number of pyridine rings is 1. The number of nitrogens with two attached hydrogens (primary N) is 1. The zero-order valence-corrected chi connectivity index (χ0v) is 10.5. The van der Waals surface area contributed by atoms with E-state index in [2.05, 4.69) is 11.1 Å². The summed E-state index contributed by atoms with van der Waals surface area (Å²) in [6.07, 6.45) is 2.56. The molecule has 0 spiro atoms. The van der Waals surface area contributed by atoms with Crippen molar-refractivity contribution in [1.82, 2.24) is 4.98 Å². The molecule has 1 heterocycles. The highest BCUT2D eigenvalue weighted by Crippen LogP contribution is 2.29. The molecule has 0 bridgehead atoms. The van der Waals surface area contributed by atoms with Gasteiger partial charge in [-0.05, 0) is 38.5 Å². The lowest BCUT2D eigenvalue weighted by atomic mass is 9.93. The van der Waals surface area contributed by atoms with Crippen LogP contribution in [0.2, 0.25) is 0 Å². The van der Waals surface area contributed by atoms with E-state index in [1.165, 1.54) is 0 Å². The van der Waals surface area contributed by atoms with Gasteiger partial charge in [-0.1, -0.05) is 6.07 Å².